The number of aryl methyl sites for hydroxylation is 2. The Morgan fingerprint density at radius 3 is 2.53 bits per heavy atom. The Kier molecular flexibility index (Phi) is 6.11. The first kappa shape index (κ1) is 21.4. The van der Waals surface area contributed by atoms with Crippen LogP contribution in [0.3, 0.4) is 0 Å². The summed E-state index contributed by atoms with van der Waals surface area (Å²) < 4.78 is 14.2. The lowest BCUT2D eigenvalue weighted by molar-refractivity contribution is -0.121. The summed E-state index contributed by atoms with van der Waals surface area (Å²) in [6.07, 6.45) is 4.56. The van der Waals surface area contributed by atoms with Crippen LogP contribution in [0.5, 0.6) is 11.5 Å². The van der Waals surface area contributed by atoms with E-state index < -0.39 is 0 Å². The molecular formula is C24H27N5O3. The predicted molar refractivity (Wildman–Crippen MR) is 123 cm³/mol. The van der Waals surface area contributed by atoms with Crippen LogP contribution in [-0.4, -0.2) is 46.0 Å². The molecule has 0 saturated carbocycles. The zero-order chi connectivity index (χ0) is 22.7. The molecule has 0 atom stereocenters. The fraction of sp³-hybridized carbons (Fsp3) is 0.292. The number of carbonyl (C=O) groups is 1. The number of fused-ring (bicyclic) bond motifs is 1. The Morgan fingerprint density at radius 2 is 1.81 bits per heavy atom. The van der Waals surface area contributed by atoms with Crippen LogP contribution in [0.1, 0.15) is 16.8 Å². The van der Waals surface area contributed by atoms with E-state index in [4.69, 9.17) is 14.6 Å². The Morgan fingerprint density at radius 1 is 1.06 bits per heavy atom. The van der Waals surface area contributed by atoms with Gasteiger partial charge in [-0.2, -0.15) is 5.10 Å². The molecule has 1 aromatic carbocycles. The molecule has 0 spiro atoms. The van der Waals surface area contributed by atoms with E-state index in [0.717, 1.165) is 28.0 Å². The Bertz CT molecular complexity index is 1240. The summed E-state index contributed by atoms with van der Waals surface area (Å²) in [5.74, 6) is 2.01. The first-order valence-corrected chi connectivity index (χ1v) is 10.5. The highest BCUT2D eigenvalue weighted by atomic mass is 16.5. The summed E-state index contributed by atoms with van der Waals surface area (Å²) in [6, 6.07) is 11.7. The maximum atomic E-state index is 12.7. The monoisotopic (exact) mass is 433 g/mol. The quantitative estimate of drug-likeness (QED) is 0.461. The number of methoxy groups -OCH3 is 2. The maximum absolute atomic E-state index is 12.7. The standard InChI is InChI=1S/C24H27N5O3/c1-16-13-17(2)26-23-22(16)24(28-11-5-6-12-28)27-29(23)15-21(30)25-10-9-18-7-8-19(31-3)20(14-18)32-4/h5-8,11-14H,9-10,15H2,1-4H3,(H,25,30). The van der Waals surface area contributed by atoms with Crippen molar-refractivity contribution >= 4 is 16.9 Å². The largest absolute Gasteiger partial charge is 0.493 e. The van der Waals surface area contributed by atoms with Gasteiger partial charge in [0.2, 0.25) is 5.91 Å². The van der Waals surface area contributed by atoms with Crippen LogP contribution < -0.4 is 14.8 Å². The van der Waals surface area contributed by atoms with Crippen molar-refractivity contribution in [2.24, 2.45) is 0 Å². The molecule has 0 aliphatic rings. The molecular weight excluding hydrogens is 406 g/mol. The van der Waals surface area contributed by atoms with Crippen LogP contribution in [0.15, 0.2) is 48.8 Å². The molecule has 8 nitrogen and oxygen atoms in total. The van der Waals surface area contributed by atoms with E-state index >= 15 is 0 Å². The molecule has 4 aromatic rings. The van der Waals surface area contributed by atoms with E-state index in [2.05, 4.69) is 10.3 Å². The number of hydrogen-bond acceptors (Lipinski definition) is 5. The summed E-state index contributed by atoms with van der Waals surface area (Å²) in [6.45, 7) is 4.59. The highest BCUT2D eigenvalue weighted by molar-refractivity contribution is 5.88. The van der Waals surface area contributed by atoms with Crippen molar-refractivity contribution in [2.75, 3.05) is 20.8 Å². The van der Waals surface area contributed by atoms with Gasteiger partial charge >= 0.3 is 0 Å². The molecule has 0 saturated heterocycles. The van der Waals surface area contributed by atoms with E-state index in [1.807, 2.05) is 67.2 Å². The van der Waals surface area contributed by atoms with E-state index in [9.17, 15) is 4.79 Å². The van der Waals surface area contributed by atoms with Crippen molar-refractivity contribution in [1.29, 1.82) is 0 Å². The number of hydrogen-bond donors (Lipinski definition) is 1. The normalized spacial score (nSPS) is 11.0. The van der Waals surface area contributed by atoms with Crippen LogP contribution in [0, 0.1) is 13.8 Å². The number of ether oxygens (including phenoxy) is 2. The van der Waals surface area contributed by atoms with Gasteiger partial charge in [-0.25, -0.2) is 9.67 Å². The highest BCUT2D eigenvalue weighted by Gasteiger charge is 2.17. The molecule has 0 aliphatic carbocycles. The first-order chi connectivity index (χ1) is 15.5. The molecule has 1 amide bonds. The van der Waals surface area contributed by atoms with Gasteiger partial charge in [-0.1, -0.05) is 6.07 Å². The molecule has 0 unspecified atom stereocenters. The van der Waals surface area contributed by atoms with Gasteiger partial charge in [-0.15, -0.1) is 0 Å². The van der Waals surface area contributed by atoms with Crippen molar-refractivity contribution in [1.82, 2.24) is 24.6 Å². The molecule has 3 aromatic heterocycles. The van der Waals surface area contributed by atoms with Gasteiger partial charge in [0, 0.05) is 24.6 Å². The maximum Gasteiger partial charge on any atom is 0.241 e. The SMILES string of the molecule is COc1ccc(CCNC(=O)Cn2nc(-n3cccc3)c3c(C)cc(C)nc32)cc1OC. The molecule has 0 bridgehead atoms. The second-order valence-corrected chi connectivity index (χ2v) is 7.64. The third-order valence-electron chi connectivity index (χ3n) is 5.34. The van der Waals surface area contributed by atoms with Gasteiger partial charge in [0.25, 0.3) is 0 Å². The molecule has 0 radical (unpaired) electrons. The fourth-order valence-corrected chi connectivity index (χ4v) is 3.83. The van der Waals surface area contributed by atoms with Crippen molar-refractivity contribution in [3.63, 3.8) is 0 Å². The molecule has 4 rings (SSSR count). The van der Waals surface area contributed by atoms with Crippen molar-refractivity contribution in [2.45, 2.75) is 26.8 Å². The van der Waals surface area contributed by atoms with Gasteiger partial charge in [-0.05, 0) is 61.7 Å². The second-order valence-electron chi connectivity index (χ2n) is 7.64. The number of rotatable bonds is 8. The Labute approximate surface area is 186 Å². The number of aromatic nitrogens is 4. The summed E-state index contributed by atoms with van der Waals surface area (Å²) in [5.41, 5.74) is 3.73. The second kappa shape index (κ2) is 9.13. The van der Waals surface area contributed by atoms with Crippen LogP contribution in [-0.2, 0) is 17.8 Å². The molecule has 3 heterocycles. The van der Waals surface area contributed by atoms with Crippen LogP contribution >= 0.6 is 0 Å². The average molecular weight is 434 g/mol. The van der Waals surface area contributed by atoms with Gasteiger partial charge in [0.1, 0.15) is 6.54 Å². The summed E-state index contributed by atoms with van der Waals surface area (Å²) in [5, 5.41) is 8.63. The minimum Gasteiger partial charge on any atom is -0.493 e. The van der Waals surface area contributed by atoms with E-state index in [1.165, 1.54) is 0 Å². The van der Waals surface area contributed by atoms with E-state index in [1.54, 1.807) is 18.9 Å². The van der Waals surface area contributed by atoms with Crippen LogP contribution in [0.4, 0.5) is 0 Å². The fourth-order valence-electron chi connectivity index (χ4n) is 3.83. The number of nitrogens with one attached hydrogen (secondary N) is 1. The molecule has 32 heavy (non-hydrogen) atoms. The zero-order valence-electron chi connectivity index (χ0n) is 18.8. The van der Waals surface area contributed by atoms with Gasteiger partial charge in [-0.3, -0.25) is 4.79 Å². The number of nitrogens with zero attached hydrogens (tertiary/aromatic N) is 4. The number of amides is 1. The zero-order valence-corrected chi connectivity index (χ0v) is 18.8. The smallest absolute Gasteiger partial charge is 0.241 e. The number of benzene rings is 1. The van der Waals surface area contributed by atoms with E-state index in [-0.39, 0.29) is 12.5 Å². The lowest BCUT2D eigenvalue weighted by Gasteiger charge is -2.10. The minimum atomic E-state index is -0.116. The van der Waals surface area contributed by atoms with Gasteiger partial charge < -0.3 is 19.4 Å². The van der Waals surface area contributed by atoms with Crippen molar-refractivity contribution < 1.29 is 14.3 Å². The average Bonchev–Trinajstić information content (AvgIpc) is 3.42. The van der Waals surface area contributed by atoms with Crippen LogP contribution in [0.2, 0.25) is 0 Å². The number of carbonyl (C=O) groups excluding carboxylic acids is 1. The number of pyridine rings is 1. The lowest BCUT2D eigenvalue weighted by Crippen LogP contribution is -2.29. The van der Waals surface area contributed by atoms with Crippen molar-refractivity contribution in [3.05, 3.63) is 65.6 Å². The van der Waals surface area contributed by atoms with Gasteiger partial charge in [0.15, 0.2) is 23.0 Å². The summed E-state index contributed by atoms with van der Waals surface area (Å²) >= 11 is 0. The summed E-state index contributed by atoms with van der Waals surface area (Å²) in [4.78, 5) is 17.3. The van der Waals surface area contributed by atoms with Crippen LogP contribution in [0.25, 0.3) is 16.9 Å². The third-order valence-corrected chi connectivity index (χ3v) is 5.34. The summed E-state index contributed by atoms with van der Waals surface area (Å²) in [7, 11) is 3.22. The lowest BCUT2D eigenvalue weighted by atomic mass is 10.1. The first-order valence-electron chi connectivity index (χ1n) is 10.5. The minimum absolute atomic E-state index is 0.0968. The predicted octanol–water partition coefficient (Wildman–Crippen LogP) is 3.21. The van der Waals surface area contributed by atoms with E-state index in [0.29, 0.717) is 30.1 Å². The Hall–Kier alpha value is -3.81. The topological polar surface area (TPSA) is 83.2 Å². The molecule has 0 aliphatic heterocycles. The Balaban J connectivity index is 1.48. The molecule has 8 heteroatoms. The molecule has 166 valence electrons. The molecule has 0 fully saturated rings. The highest BCUT2D eigenvalue weighted by Crippen LogP contribution is 2.28. The third kappa shape index (κ3) is 4.30. The van der Waals surface area contributed by atoms with Crippen molar-refractivity contribution in [3.8, 4) is 17.3 Å². The molecule has 1 N–H and O–H groups in total. The van der Waals surface area contributed by atoms with Gasteiger partial charge in [0.05, 0.1) is 19.6 Å².